The third-order valence-corrected chi connectivity index (χ3v) is 2.61. The van der Waals surface area contributed by atoms with Crippen molar-refractivity contribution >= 4 is 22.2 Å². The predicted molar refractivity (Wildman–Crippen MR) is 64.5 cm³/mol. The van der Waals surface area contributed by atoms with E-state index in [1.54, 1.807) is 22.9 Å². The molecule has 0 spiro atoms. The van der Waals surface area contributed by atoms with Crippen molar-refractivity contribution in [1.82, 2.24) is 10.0 Å². The molecule has 0 aliphatic carbocycles. The fourth-order valence-electron chi connectivity index (χ4n) is 1.33. The van der Waals surface area contributed by atoms with Crippen molar-refractivity contribution in [3.63, 3.8) is 0 Å². The quantitative estimate of drug-likeness (QED) is 0.513. The van der Waals surface area contributed by atoms with Gasteiger partial charge in [0, 0.05) is 0 Å². The average Bonchev–Trinajstić information content (AvgIpc) is 2.33. The van der Waals surface area contributed by atoms with Crippen LogP contribution in [0.5, 0.6) is 0 Å². The van der Waals surface area contributed by atoms with Crippen molar-refractivity contribution in [2.75, 3.05) is 6.54 Å². The van der Waals surface area contributed by atoms with Crippen LogP contribution in [-0.2, 0) is 19.9 Å². The van der Waals surface area contributed by atoms with E-state index in [2.05, 4.69) is 0 Å². The van der Waals surface area contributed by atoms with Crippen molar-refractivity contribution in [3.05, 3.63) is 35.9 Å². The SMILES string of the molecule is O=C(O)CNC(=O)C(NS(=O)(=O)O)c1ccccc1. The summed E-state index contributed by atoms with van der Waals surface area (Å²) in [7, 11) is -4.61. The molecule has 1 aromatic rings. The molecule has 0 radical (unpaired) electrons. The van der Waals surface area contributed by atoms with E-state index in [-0.39, 0.29) is 5.56 Å². The topological polar surface area (TPSA) is 133 Å². The highest BCUT2D eigenvalue weighted by Crippen LogP contribution is 2.13. The van der Waals surface area contributed by atoms with Gasteiger partial charge in [0.2, 0.25) is 5.91 Å². The van der Waals surface area contributed by atoms with Crippen LogP contribution in [0.25, 0.3) is 0 Å². The summed E-state index contributed by atoms with van der Waals surface area (Å²) < 4.78 is 32.1. The summed E-state index contributed by atoms with van der Waals surface area (Å²) in [5, 5.41) is 10.5. The second kappa shape index (κ2) is 6.27. The summed E-state index contributed by atoms with van der Waals surface area (Å²) in [4.78, 5) is 22.1. The Bertz CT molecular complexity index is 557. The highest BCUT2D eigenvalue weighted by atomic mass is 32.2. The average molecular weight is 288 g/mol. The summed E-state index contributed by atoms with van der Waals surface area (Å²) in [6, 6.07) is 6.31. The van der Waals surface area contributed by atoms with Crippen LogP contribution in [0.1, 0.15) is 11.6 Å². The maximum Gasteiger partial charge on any atom is 0.334 e. The van der Waals surface area contributed by atoms with Gasteiger partial charge in [-0.25, -0.2) is 0 Å². The lowest BCUT2D eigenvalue weighted by molar-refractivity contribution is -0.138. The number of benzene rings is 1. The van der Waals surface area contributed by atoms with Crippen LogP contribution in [0, 0.1) is 0 Å². The van der Waals surface area contributed by atoms with E-state index in [4.69, 9.17) is 9.66 Å². The van der Waals surface area contributed by atoms with Gasteiger partial charge in [0.15, 0.2) is 0 Å². The molecule has 1 unspecified atom stereocenters. The maximum absolute atomic E-state index is 11.7. The Balaban J connectivity index is 2.93. The van der Waals surface area contributed by atoms with Gasteiger partial charge in [0.1, 0.15) is 12.6 Å². The van der Waals surface area contributed by atoms with Crippen LogP contribution in [0.3, 0.4) is 0 Å². The maximum atomic E-state index is 11.7. The smallest absolute Gasteiger partial charge is 0.334 e. The Morgan fingerprint density at radius 1 is 1.21 bits per heavy atom. The lowest BCUT2D eigenvalue weighted by Crippen LogP contribution is -2.41. The zero-order valence-electron chi connectivity index (χ0n) is 9.61. The number of carboxylic acids is 1. The molecule has 0 fully saturated rings. The van der Waals surface area contributed by atoms with Crippen LogP contribution >= 0.6 is 0 Å². The zero-order valence-corrected chi connectivity index (χ0v) is 10.4. The molecule has 0 saturated carbocycles. The summed E-state index contributed by atoms with van der Waals surface area (Å²) in [5.41, 5.74) is 0.267. The van der Waals surface area contributed by atoms with E-state index in [1.165, 1.54) is 12.1 Å². The van der Waals surface area contributed by atoms with E-state index in [1.807, 2.05) is 5.32 Å². The van der Waals surface area contributed by atoms with Crippen molar-refractivity contribution in [2.24, 2.45) is 0 Å². The lowest BCUT2D eigenvalue weighted by Gasteiger charge is -2.16. The van der Waals surface area contributed by atoms with E-state index in [0.29, 0.717) is 0 Å². The highest BCUT2D eigenvalue weighted by molar-refractivity contribution is 7.83. The van der Waals surface area contributed by atoms with Crippen molar-refractivity contribution < 1.29 is 27.7 Å². The Kier molecular flexibility index (Phi) is 4.98. The first-order valence-electron chi connectivity index (χ1n) is 5.09. The summed E-state index contributed by atoms with van der Waals surface area (Å²) >= 11 is 0. The number of hydrogen-bond donors (Lipinski definition) is 4. The molecular formula is C10H12N2O6S. The molecule has 0 bridgehead atoms. The van der Waals surface area contributed by atoms with Crippen molar-refractivity contribution in [3.8, 4) is 0 Å². The van der Waals surface area contributed by atoms with E-state index in [9.17, 15) is 18.0 Å². The minimum Gasteiger partial charge on any atom is -0.480 e. The van der Waals surface area contributed by atoms with Crippen molar-refractivity contribution in [1.29, 1.82) is 0 Å². The molecule has 0 aromatic heterocycles. The van der Waals surface area contributed by atoms with Crippen LogP contribution in [0.2, 0.25) is 0 Å². The van der Waals surface area contributed by atoms with Crippen LogP contribution in [0.15, 0.2) is 30.3 Å². The zero-order chi connectivity index (χ0) is 14.5. The molecule has 1 aromatic carbocycles. The fraction of sp³-hybridized carbons (Fsp3) is 0.200. The summed E-state index contributed by atoms with van der Waals surface area (Å²) in [5.74, 6) is -2.15. The number of aliphatic carboxylic acids is 1. The third kappa shape index (κ3) is 5.46. The number of nitrogens with one attached hydrogen (secondary N) is 2. The van der Waals surface area contributed by atoms with Crippen LogP contribution in [0.4, 0.5) is 0 Å². The predicted octanol–water partition coefficient (Wildman–Crippen LogP) is -0.679. The van der Waals surface area contributed by atoms with Gasteiger partial charge >= 0.3 is 16.3 Å². The third-order valence-electron chi connectivity index (χ3n) is 2.08. The Hall–Kier alpha value is -1.97. The molecule has 104 valence electrons. The Morgan fingerprint density at radius 2 is 1.79 bits per heavy atom. The monoisotopic (exact) mass is 288 g/mol. The minimum absolute atomic E-state index is 0.267. The standard InChI is InChI=1S/C10H12N2O6S/c13-8(14)6-11-10(15)9(12-19(16,17)18)7-4-2-1-3-5-7/h1-5,9,12H,6H2,(H,11,15)(H,13,14)(H,16,17,18). The molecule has 9 heteroatoms. The second-order valence-electron chi connectivity index (χ2n) is 3.55. The molecule has 0 aliphatic rings. The summed E-state index contributed by atoms with van der Waals surface area (Å²) in [6.45, 7) is -0.657. The number of carbonyl (C=O) groups excluding carboxylic acids is 1. The molecule has 1 rings (SSSR count). The first-order chi connectivity index (χ1) is 8.79. The van der Waals surface area contributed by atoms with Gasteiger partial charge in [0.25, 0.3) is 0 Å². The first-order valence-corrected chi connectivity index (χ1v) is 6.53. The number of amides is 1. The molecule has 1 amide bonds. The lowest BCUT2D eigenvalue weighted by atomic mass is 10.1. The van der Waals surface area contributed by atoms with Crippen molar-refractivity contribution in [2.45, 2.75) is 6.04 Å². The van der Waals surface area contributed by atoms with Crippen LogP contribution < -0.4 is 10.0 Å². The van der Waals surface area contributed by atoms with E-state index in [0.717, 1.165) is 0 Å². The van der Waals surface area contributed by atoms with E-state index >= 15 is 0 Å². The molecule has 19 heavy (non-hydrogen) atoms. The molecule has 8 nitrogen and oxygen atoms in total. The molecule has 0 aliphatic heterocycles. The molecule has 1 atom stereocenters. The normalized spacial score (nSPS) is 12.7. The Morgan fingerprint density at radius 3 is 2.26 bits per heavy atom. The largest absolute Gasteiger partial charge is 0.480 e. The second-order valence-corrected chi connectivity index (χ2v) is 4.73. The molecule has 0 saturated heterocycles. The minimum atomic E-state index is -4.61. The number of rotatable bonds is 6. The summed E-state index contributed by atoms with van der Waals surface area (Å²) in [6.07, 6.45) is 0. The number of carboxylic acid groups (broad SMARTS) is 1. The van der Waals surface area contributed by atoms with Gasteiger partial charge in [-0.05, 0) is 5.56 Å². The molecule has 0 heterocycles. The van der Waals surface area contributed by atoms with Gasteiger partial charge in [-0.2, -0.15) is 13.1 Å². The van der Waals surface area contributed by atoms with Crippen LogP contribution in [-0.4, -0.2) is 36.5 Å². The Labute approximate surface area is 109 Å². The van der Waals surface area contributed by atoms with Gasteiger partial charge in [0.05, 0.1) is 0 Å². The van der Waals surface area contributed by atoms with Gasteiger partial charge in [-0.15, -0.1) is 0 Å². The van der Waals surface area contributed by atoms with Gasteiger partial charge < -0.3 is 10.4 Å². The highest BCUT2D eigenvalue weighted by Gasteiger charge is 2.25. The fourth-order valence-corrected chi connectivity index (χ4v) is 1.87. The molecule has 4 N–H and O–H groups in total. The molecular weight excluding hydrogens is 276 g/mol. The van der Waals surface area contributed by atoms with E-state index < -0.39 is 34.8 Å². The number of hydrogen-bond acceptors (Lipinski definition) is 4. The number of carbonyl (C=O) groups is 2. The van der Waals surface area contributed by atoms with Gasteiger partial charge in [-0.1, -0.05) is 30.3 Å². The van der Waals surface area contributed by atoms with Gasteiger partial charge in [-0.3, -0.25) is 14.1 Å². The first kappa shape index (κ1) is 15.1.